The molecular weight excluding hydrogens is 182 g/mol. The summed E-state index contributed by atoms with van der Waals surface area (Å²) in [4.78, 5) is 0. The average molecular weight is 197 g/mol. The zero-order valence-electron chi connectivity index (χ0n) is 8.69. The molecule has 0 bridgehead atoms. The summed E-state index contributed by atoms with van der Waals surface area (Å²) in [5.41, 5.74) is 7.41. The summed E-state index contributed by atoms with van der Waals surface area (Å²) in [5.74, 6) is 0.592. The van der Waals surface area contributed by atoms with Gasteiger partial charge in [-0.3, -0.25) is 0 Å². The standard InChI is InChI=1S/C14H15N/c15-14-8-7-13(14)12-6-5-10-3-1-2-4-11(10)9-12/h1-6,9,13-14H,7-8,15H2. The molecule has 3 rings (SSSR count). The normalized spacial score (nSPS) is 25.1. The van der Waals surface area contributed by atoms with E-state index >= 15 is 0 Å². The van der Waals surface area contributed by atoms with Gasteiger partial charge in [-0.1, -0.05) is 42.5 Å². The van der Waals surface area contributed by atoms with Crippen molar-refractivity contribution in [3.8, 4) is 0 Å². The number of hydrogen-bond donors (Lipinski definition) is 1. The van der Waals surface area contributed by atoms with Crippen LogP contribution < -0.4 is 5.73 Å². The van der Waals surface area contributed by atoms with Crippen LogP contribution in [0.3, 0.4) is 0 Å². The second-order valence-corrected chi connectivity index (χ2v) is 4.45. The van der Waals surface area contributed by atoms with Gasteiger partial charge in [0.2, 0.25) is 0 Å². The van der Waals surface area contributed by atoms with Gasteiger partial charge < -0.3 is 5.73 Å². The maximum atomic E-state index is 6.00. The molecular formula is C14H15N. The highest BCUT2D eigenvalue weighted by Crippen LogP contribution is 2.36. The van der Waals surface area contributed by atoms with Gasteiger partial charge in [-0.15, -0.1) is 0 Å². The Labute approximate surface area is 89.9 Å². The van der Waals surface area contributed by atoms with E-state index in [1.165, 1.54) is 29.2 Å². The molecule has 0 amide bonds. The first-order valence-electron chi connectivity index (χ1n) is 5.59. The van der Waals surface area contributed by atoms with Crippen LogP contribution in [0.4, 0.5) is 0 Å². The first-order chi connectivity index (χ1) is 7.34. The Balaban J connectivity index is 2.06. The molecule has 0 aromatic heterocycles. The third-order valence-electron chi connectivity index (χ3n) is 3.53. The first-order valence-corrected chi connectivity index (χ1v) is 5.59. The smallest absolute Gasteiger partial charge is 0.0108 e. The van der Waals surface area contributed by atoms with E-state index in [2.05, 4.69) is 42.5 Å². The Morgan fingerprint density at radius 3 is 2.40 bits per heavy atom. The third-order valence-corrected chi connectivity index (χ3v) is 3.53. The number of hydrogen-bond acceptors (Lipinski definition) is 1. The van der Waals surface area contributed by atoms with Gasteiger partial charge in [0.25, 0.3) is 0 Å². The molecule has 2 unspecified atom stereocenters. The molecule has 1 saturated carbocycles. The molecule has 1 heteroatoms. The fraction of sp³-hybridized carbons (Fsp3) is 0.286. The van der Waals surface area contributed by atoms with Gasteiger partial charge in [0.1, 0.15) is 0 Å². The van der Waals surface area contributed by atoms with Gasteiger partial charge in [-0.2, -0.15) is 0 Å². The van der Waals surface area contributed by atoms with Gasteiger partial charge in [0.15, 0.2) is 0 Å². The van der Waals surface area contributed by atoms with E-state index in [9.17, 15) is 0 Å². The predicted molar refractivity (Wildman–Crippen MR) is 63.9 cm³/mol. The van der Waals surface area contributed by atoms with Crippen molar-refractivity contribution in [1.82, 2.24) is 0 Å². The molecule has 0 heterocycles. The van der Waals surface area contributed by atoms with Gasteiger partial charge in [0.05, 0.1) is 0 Å². The van der Waals surface area contributed by atoms with Crippen LogP contribution in [0.5, 0.6) is 0 Å². The fourth-order valence-corrected chi connectivity index (χ4v) is 2.38. The van der Waals surface area contributed by atoms with Crippen molar-refractivity contribution >= 4 is 10.8 Å². The number of nitrogens with two attached hydrogens (primary N) is 1. The van der Waals surface area contributed by atoms with Gasteiger partial charge in [0, 0.05) is 6.04 Å². The fourth-order valence-electron chi connectivity index (χ4n) is 2.38. The summed E-state index contributed by atoms with van der Waals surface area (Å²) in [7, 11) is 0. The summed E-state index contributed by atoms with van der Waals surface area (Å²) >= 11 is 0. The minimum Gasteiger partial charge on any atom is -0.327 e. The molecule has 2 atom stereocenters. The van der Waals surface area contributed by atoms with Crippen LogP contribution in [-0.4, -0.2) is 6.04 Å². The van der Waals surface area contributed by atoms with Crippen LogP contribution in [0, 0.1) is 0 Å². The van der Waals surface area contributed by atoms with Crippen LogP contribution >= 0.6 is 0 Å². The Bertz CT molecular complexity index is 489. The van der Waals surface area contributed by atoms with Crippen molar-refractivity contribution in [2.45, 2.75) is 24.8 Å². The Kier molecular flexibility index (Phi) is 2.00. The second kappa shape index (κ2) is 3.35. The minimum atomic E-state index is 0.381. The number of fused-ring (bicyclic) bond motifs is 1. The van der Waals surface area contributed by atoms with Crippen LogP contribution in [0.1, 0.15) is 24.3 Å². The molecule has 15 heavy (non-hydrogen) atoms. The lowest BCUT2D eigenvalue weighted by Crippen LogP contribution is -2.37. The average Bonchev–Trinajstić information content (AvgIpc) is 2.27. The van der Waals surface area contributed by atoms with Crippen molar-refractivity contribution < 1.29 is 0 Å². The first kappa shape index (κ1) is 8.93. The van der Waals surface area contributed by atoms with Crippen molar-refractivity contribution in [3.05, 3.63) is 48.0 Å². The highest BCUT2D eigenvalue weighted by atomic mass is 14.7. The van der Waals surface area contributed by atoms with E-state index in [4.69, 9.17) is 5.73 Å². The lowest BCUT2D eigenvalue weighted by atomic mass is 9.75. The highest BCUT2D eigenvalue weighted by Gasteiger charge is 2.28. The van der Waals surface area contributed by atoms with Crippen LogP contribution in [0.25, 0.3) is 10.8 Å². The van der Waals surface area contributed by atoms with E-state index < -0.39 is 0 Å². The molecule has 1 aliphatic carbocycles. The zero-order chi connectivity index (χ0) is 10.3. The monoisotopic (exact) mass is 197 g/mol. The molecule has 0 aliphatic heterocycles. The van der Waals surface area contributed by atoms with Gasteiger partial charge >= 0.3 is 0 Å². The van der Waals surface area contributed by atoms with Gasteiger partial charge in [-0.05, 0) is 35.1 Å². The lowest BCUT2D eigenvalue weighted by Gasteiger charge is -2.34. The van der Waals surface area contributed by atoms with Crippen molar-refractivity contribution in [2.24, 2.45) is 5.73 Å². The summed E-state index contributed by atoms with van der Waals surface area (Å²) in [6.45, 7) is 0. The lowest BCUT2D eigenvalue weighted by molar-refractivity contribution is 0.347. The van der Waals surface area contributed by atoms with E-state index in [0.29, 0.717) is 12.0 Å². The summed E-state index contributed by atoms with van der Waals surface area (Å²) in [6, 6.07) is 15.6. The summed E-state index contributed by atoms with van der Waals surface area (Å²) in [6.07, 6.45) is 2.43. The van der Waals surface area contributed by atoms with E-state index in [-0.39, 0.29) is 0 Å². The molecule has 0 spiro atoms. The largest absolute Gasteiger partial charge is 0.327 e. The Morgan fingerprint density at radius 2 is 1.73 bits per heavy atom. The molecule has 2 N–H and O–H groups in total. The Hall–Kier alpha value is -1.34. The molecule has 1 nitrogen and oxygen atoms in total. The molecule has 0 saturated heterocycles. The molecule has 76 valence electrons. The van der Waals surface area contributed by atoms with Crippen molar-refractivity contribution in [2.75, 3.05) is 0 Å². The maximum Gasteiger partial charge on any atom is 0.0108 e. The predicted octanol–water partition coefficient (Wildman–Crippen LogP) is 3.04. The molecule has 1 aliphatic rings. The van der Waals surface area contributed by atoms with E-state index in [0.717, 1.165) is 0 Å². The quantitative estimate of drug-likeness (QED) is 0.747. The maximum absolute atomic E-state index is 6.00. The summed E-state index contributed by atoms with van der Waals surface area (Å²) < 4.78 is 0. The van der Waals surface area contributed by atoms with E-state index in [1.54, 1.807) is 0 Å². The van der Waals surface area contributed by atoms with Crippen LogP contribution in [-0.2, 0) is 0 Å². The van der Waals surface area contributed by atoms with E-state index in [1.807, 2.05) is 0 Å². The van der Waals surface area contributed by atoms with Crippen LogP contribution in [0.2, 0.25) is 0 Å². The third kappa shape index (κ3) is 1.44. The molecule has 2 aromatic rings. The minimum absolute atomic E-state index is 0.381. The Morgan fingerprint density at radius 1 is 0.933 bits per heavy atom. The topological polar surface area (TPSA) is 26.0 Å². The molecule has 2 aromatic carbocycles. The molecule has 1 fully saturated rings. The SMILES string of the molecule is NC1CCC1c1ccc2ccccc2c1. The summed E-state index contributed by atoms with van der Waals surface area (Å²) in [5, 5.41) is 2.64. The van der Waals surface area contributed by atoms with Crippen molar-refractivity contribution in [1.29, 1.82) is 0 Å². The van der Waals surface area contributed by atoms with Crippen molar-refractivity contribution in [3.63, 3.8) is 0 Å². The number of rotatable bonds is 1. The zero-order valence-corrected chi connectivity index (χ0v) is 8.69. The molecule has 0 radical (unpaired) electrons. The van der Waals surface area contributed by atoms with Crippen LogP contribution in [0.15, 0.2) is 42.5 Å². The van der Waals surface area contributed by atoms with Gasteiger partial charge in [-0.25, -0.2) is 0 Å². The number of benzene rings is 2. The highest BCUT2D eigenvalue weighted by molar-refractivity contribution is 5.83. The second-order valence-electron chi connectivity index (χ2n) is 4.45.